The van der Waals surface area contributed by atoms with Crippen molar-refractivity contribution in [2.24, 2.45) is 0 Å². The Morgan fingerprint density at radius 1 is 1.05 bits per heavy atom. The van der Waals surface area contributed by atoms with E-state index in [0.717, 1.165) is 11.1 Å². The second-order valence-corrected chi connectivity index (χ2v) is 4.74. The number of hydrogen-bond acceptors (Lipinski definition) is 3. The molecule has 0 atom stereocenters. The van der Waals surface area contributed by atoms with Gasteiger partial charge in [-0.05, 0) is 36.8 Å². The Morgan fingerprint density at radius 3 is 2.33 bits per heavy atom. The molecule has 0 unspecified atom stereocenters. The normalized spacial score (nSPS) is 10.0. The maximum atomic E-state index is 12.0. The summed E-state index contributed by atoms with van der Waals surface area (Å²) in [5.74, 6) is -0.588. The summed E-state index contributed by atoms with van der Waals surface area (Å²) in [5.41, 5.74) is 3.14. The predicted molar refractivity (Wildman–Crippen MR) is 80.1 cm³/mol. The SMILES string of the molecule is COC(=O)c1ccc(C(=O)NCc2cccc(C)c2)cc1. The second kappa shape index (κ2) is 6.70. The van der Waals surface area contributed by atoms with Gasteiger partial charge in [-0.3, -0.25) is 4.79 Å². The fourth-order valence-electron chi connectivity index (χ4n) is 1.98. The van der Waals surface area contributed by atoms with Gasteiger partial charge in [0.05, 0.1) is 12.7 Å². The Balaban J connectivity index is 1.99. The molecule has 21 heavy (non-hydrogen) atoms. The lowest BCUT2D eigenvalue weighted by Crippen LogP contribution is -2.22. The van der Waals surface area contributed by atoms with E-state index in [9.17, 15) is 9.59 Å². The summed E-state index contributed by atoms with van der Waals surface area (Å²) in [4.78, 5) is 23.3. The van der Waals surface area contributed by atoms with Crippen molar-refractivity contribution in [2.75, 3.05) is 7.11 Å². The van der Waals surface area contributed by atoms with Crippen LogP contribution in [-0.2, 0) is 11.3 Å². The zero-order valence-electron chi connectivity index (χ0n) is 12.1. The first-order valence-electron chi connectivity index (χ1n) is 6.62. The molecule has 0 aliphatic rings. The fraction of sp³-hybridized carbons (Fsp3) is 0.176. The maximum Gasteiger partial charge on any atom is 0.337 e. The topological polar surface area (TPSA) is 55.4 Å². The molecular formula is C17H17NO3. The molecule has 0 aromatic heterocycles. The van der Waals surface area contributed by atoms with Crippen LogP contribution in [0.25, 0.3) is 0 Å². The van der Waals surface area contributed by atoms with Gasteiger partial charge in [0, 0.05) is 12.1 Å². The number of aryl methyl sites for hydroxylation is 1. The van der Waals surface area contributed by atoms with E-state index >= 15 is 0 Å². The summed E-state index contributed by atoms with van der Waals surface area (Å²) < 4.78 is 4.61. The van der Waals surface area contributed by atoms with E-state index in [1.165, 1.54) is 7.11 Å². The smallest absolute Gasteiger partial charge is 0.337 e. The van der Waals surface area contributed by atoms with Gasteiger partial charge in [-0.25, -0.2) is 4.79 Å². The molecule has 2 aromatic carbocycles. The molecule has 108 valence electrons. The van der Waals surface area contributed by atoms with Gasteiger partial charge in [-0.1, -0.05) is 29.8 Å². The molecule has 0 saturated carbocycles. The summed E-state index contributed by atoms with van der Waals surface area (Å²) in [6.45, 7) is 2.48. The Labute approximate surface area is 123 Å². The molecule has 2 aromatic rings. The Hall–Kier alpha value is -2.62. The van der Waals surface area contributed by atoms with Crippen molar-refractivity contribution < 1.29 is 14.3 Å². The van der Waals surface area contributed by atoms with Gasteiger partial charge < -0.3 is 10.1 Å². The number of benzene rings is 2. The first kappa shape index (κ1) is 14.8. The number of amides is 1. The van der Waals surface area contributed by atoms with E-state index < -0.39 is 5.97 Å². The van der Waals surface area contributed by atoms with E-state index in [1.807, 2.05) is 31.2 Å². The van der Waals surface area contributed by atoms with E-state index in [2.05, 4.69) is 10.1 Å². The maximum absolute atomic E-state index is 12.0. The molecule has 0 heterocycles. The van der Waals surface area contributed by atoms with Crippen molar-refractivity contribution >= 4 is 11.9 Å². The third kappa shape index (κ3) is 3.92. The van der Waals surface area contributed by atoms with Gasteiger partial charge in [-0.2, -0.15) is 0 Å². The number of hydrogen-bond donors (Lipinski definition) is 1. The summed E-state index contributed by atoms with van der Waals surface area (Å²) in [6, 6.07) is 14.3. The Kier molecular flexibility index (Phi) is 4.72. The average molecular weight is 283 g/mol. The van der Waals surface area contributed by atoms with E-state index in [4.69, 9.17) is 0 Å². The van der Waals surface area contributed by atoms with Gasteiger partial charge >= 0.3 is 5.97 Å². The van der Waals surface area contributed by atoms with Crippen LogP contribution in [0.2, 0.25) is 0 Å². The molecule has 1 amide bonds. The Morgan fingerprint density at radius 2 is 1.71 bits per heavy atom. The molecular weight excluding hydrogens is 266 g/mol. The number of rotatable bonds is 4. The molecule has 0 spiro atoms. The molecule has 1 N–H and O–H groups in total. The molecule has 0 radical (unpaired) electrons. The number of nitrogens with one attached hydrogen (secondary N) is 1. The van der Waals surface area contributed by atoms with Crippen LogP contribution in [-0.4, -0.2) is 19.0 Å². The quantitative estimate of drug-likeness (QED) is 0.878. The molecule has 4 nitrogen and oxygen atoms in total. The van der Waals surface area contributed by atoms with Crippen molar-refractivity contribution in [2.45, 2.75) is 13.5 Å². The molecule has 0 saturated heterocycles. The van der Waals surface area contributed by atoms with Crippen LogP contribution >= 0.6 is 0 Å². The summed E-state index contributed by atoms with van der Waals surface area (Å²) in [7, 11) is 1.32. The molecule has 0 aliphatic heterocycles. The minimum Gasteiger partial charge on any atom is -0.465 e. The van der Waals surface area contributed by atoms with Crippen LogP contribution < -0.4 is 5.32 Å². The fourth-order valence-corrected chi connectivity index (χ4v) is 1.98. The van der Waals surface area contributed by atoms with Crippen molar-refractivity contribution in [3.8, 4) is 0 Å². The molecule has 0 bridgehead atoms. The standard InChI is InChI=1S/C17H17NO3/c1-12-4-3-5-13(10-12)11-18-16(19)14-6-8-15(9-7-14)17(20)21-2/h3-10H,11H2,1-2H3,(H,18,19). The van der Waals surface area contributed by atoms with Gasteiger partial charge in [0.2, 0.25) is 0 Å². The minimum absolute atomic E-state index is 0.173. The van der Waals surface area contributed by atoms with Gasteiger partial charge in [0.25, 0.3) is 5.91 Å². The number of methoxy groups -OCH3 is 1. The van der Waals surface area contributed by atoms with Gasteiger partial charge in [0.15, 0.2) is 0 Å². The summed E-state index contributed by atoms with van der Waals surface area (Å²) in [5, 5.41) is 2.85. The largest absolute Gasteiger partial charge is 0.465 e. The van der Waals surface area contributed by atoms with Crippen LogP contribution in [0, 0.1) is 6.92 Å². The highest BCUT2D eigenvalue weighted by atomic mass is 16.5. The minimum atomic E-state index is -0.415. The number of esters is 1. The molecule has 4 heteroatoms. The first-order chi connectivity index (χ1) is 10.1. The van der Waals surface area contributed by atoms with Crippen LogP contribution in [0.4, 0.5) is 0 Å². The molecule has 0 fully saturated rings. The van der Waals surface area contributed by atoms with Crippen LogP contribution in [0.1, 0.15) is 31.8 Å². The molecule has 2 rings (SSSR count). The lowest BCUT2D eigenvalue weighted by atomic mass is 10.1. The monoisotopic (exact) mass is 283 g/mol. The van der Waals surface area contributed by atoms with Gasteiger partial charge in [0.1, 0.15) is 0 Å². The third-order valence-corrected chi connectivity index (χ3v) is 3.10. The highest BCUT2D eigenvalue weighted by Crippen LogP contribution is 2.07. The first-order valence-corrected chi connectivity index (χ1v) is 6.62. The number of ether oxygens (including phenoxy) is 1. The van der Waals surface area contributed by atoms with E-state index in [0.29, 0.717) is 17.7 Å². The predicted octanol–water partition coefficient (Wildman–Crippen LogP) is 2.71. The van der Waals surface area contributed by atoms with Crippen molar-refractivity contribution in [3.05, 3.63) is 70.8 Å². The van der Waals surface area contributed by atoms with E-state index in [-0.39, 0.29) is 5.91 Å². The number of carbonyl (C=O) groups is 2. The Bertz CT molecular complexity index is 647. The average Bonchev–Trinajstić information content (AvgIpc) is 2.52. The van der Waals surface area contributed by atoms with Crippen molar-refractivity contribution in [1.82, 2.24) is 5.32 Å². The van der Waals surface area contributed by atoms with E-state index in [1.54, 1.807) is 24.3 Å². The highest BCUT2D eigenvalue weighted by molar-refractivity contribution is 5.96. The summed E-state index contributed by atoms with van der Waals surface area (Å²) >= 11 is 0. The van der Waals surface area contributed by atoms with Gasteiger partial charge in [-0.15, -0.1) is 0 Å². The lowest BCUT2D eigenvalue weighted by Gasteiger charge is -2.07. The zero-order chi connectivity index (χ0) is 15.2. The lowest BCUT2D eigenvalue weighted by molar-refractivity contribution is 0.0600. The van der Waals surface area contributed by atoms with Crippen LogP contribution in [0.5, 0.6) is 0 Å². The van der Waals surface area contributed by atoms with Crippen LogP contribution in [0.15, 0.2) is 48.5 Å². The second-order valence-electron chi connectivity index (χ2n) is 4.74. The van der Waals surface area contributed by atoms with Crippen LogP contribution in [0.3, 0.4) is 0 Å². The summed E-state index contributed by atoms with van der Waals surface area (Å²) in [6.07, 6.45) is 0. The third-order valence-electron chi connectivity index (χ3n) is 3.10. The molecule has 0 aliphatic carbocycles. The number of carbonyl (C=O) groups excluding carboxylic acids is 2. The highest BCUT2D eigenvalue weighted by Gasteiger charge is 2.08. The van der Waals surface area contributed by atoms with Crippen molar-refractivity contribution in [3.63, 3.8) is 0 Å². The zero-order valence-corrected chi connectivity index (χ0v) is 12.1. The van der Waals surface area contributed by atoms with Crippen molar-refractivity contribution in [1.29, 1.82) is 0 Å².